The lowest BCUT2D eigenvalue weighted by molar-refractivity contribution is 0.252. The van der Waals surface area contributed by atoms with Crippen molar-refractivity contribution < 1.29 is 9.84 Å². The predicted molar refractivity (Wildman–Crippen MR) is 109 cm³/mol. The van der Waals surface area contributed by atoms with E-state index in [4.69, 9.17) is 16.3 Å². The topological polar surface area (TPSA) is 29.5 Å². The van der Waals surface area contributed by atoms with E-state index in [0.29, 0.717) is 13.0 Å². The summed E-state index contributed by atoms with van der Waals surface area (Å²) in [6.07, 6.45) is 2.70. The molecule has 0 saturated heterocycles. The normalized spacial score (nSPS) is 18.3. The van der Waals surface area contributed by atoms with Crippen molar-refractivity contribution in [1.82, 2.24) is 0 Å². The summed E-state index contributed by atoms with van der Waals surface area (Å²) in [5.41, 5.74) is 4.82. The fraction of sp³-hybridized carbons (Fsp3) is 0.250. The van der Waals surface area contributed by atoms with Crippen LogP contribution < -0.4 is 4.74 Å². The first-order chi connectivity index (χ1) is 13.2. The van der Waals surface area contributed by atoms with Gasteiger partial charge in [0.1, 0.15) is 12.4 Å². The molecule has 1 N–H and O–H groups in total. The first kappa shape index (κ1) is 18.1. The van der Waals surface area contributed by atoms with Crippen molar-refractivity contribution in [1.29, 1.82) is 0 Å². The third kappa shape index (κ3) is 3.60. The molecule has 1 aliphatic carbocycles. The monoisotopic (exact) mass is 378 g/mol. The van der Waals surface area contributed by atoms with Gasteiger partial charge in [-0.1, -0.05) is 60.1 Å². The molecule has 3 heteroatoms. The van der Waals surface area contributed by atoms with Gasteiger partial charge < -0.3 is 9.84 Å². The van der Waals surface area contributed by atoms with Crippen molar-refractivity contribution in [2.75, 3.05) is 6.61 Å². The van der Waals surface area contributed by atoms with Crippen LogP contribution in [0.5, 0.6) is 5.75 Å². The summed E-state index contributed by atoms with van der Waals surface area (Å²) in [7, 11) is 0. The number of aliphatic hydroxyl groups excluding tert-OH is 1. The largest absolute Gasteiger partial charge is 0.489 e. The quantitative estimate of drug-likeness (QED) is 0.610. The molecule has 0 amide bonds. The summed E-state index contributed by atoms with van der Waals surface area (Å²) in [6.45, 7) is 0.720. The molecule has 0 radical (unpaired) electrons. The van der Waals surface area contributed by atoms with Gasteiger partial charge in [0.25, 0.3) is 0 Å². The molecule has 0 spiro atoms. The molecule has 3 aromatic rings. The van der Waals surface area contributed by atoms with Crippen molar-refractivity contribution in [2.24, 2.45) is 0 Å². The Balaban J connectivity index is 1.58. The molecule has 0 aliphatic heterocycles. The average molecular weight is 379 g/mol. The first-order valence-corrected chi connectivity index (χ1v) is 9.76. The van der Waals surface area contributed by atoms with E-state index in [1.807, 2.05) is 36.4 Å². The highest BCUT2D eigenvalue weighted by Gasteiger charge is 2.39. The molecule has 0 fully saturated rings. The number of hydrogen-bond acceptors (Lipinski definition) is 2. The third-order valence-electron chi connectivity index (χ3n) is 5.60. The Bertz CT molecular complexity index is 905. The molecule has 0 bridgehead atoms. The second-order valence-corrected chi connectivity index (χ2v) is 7.59. The van der Waals surface area contributed by atoms with Gasteiger partial charge in [-0.3, -0.25) is 0 Å². The van der Waals surface area contributed by atoms with Gasteiger partial charge >= 0.3 is 0 Å². The summed E-state index contributed by atoms with van der Waals surface area (Å²) >= 11 is 6.18. The maximum Gasteiger partial charge on any atom is 0.119 e. The number of fused-ring (bicyclic) bond motifs is 1. The van der Waals surface area contributed by atoms with E-state index in [2.05, 4.69) is 36.4 Å². The van der Waals surface area contributed by atoms with Gasteiger partial charge in [-0.05, 0) is 65.8 Å². The molecule has 2 nitrogen and oxygen atoms in total. The zero-order valence-electron chi connectivity index (χ0n) is 15.2. The van der Waals surface area contributed by atoms with E-state index >= 15 is 0 Å². The Labute approximate surface area is 165 Å². The lowest BCUT2D eigenvalue weighted by Gasteiger charge is -2.31. The van der Waals surface area contributed by atoms with E-state index in [-0.39, 0.29) is 12.0 Å². The van der Waals surface area contributed by atoms with Crippen LogP contribution in [0.15, 0.2) is 72.8 Å². The van der Waals surface area contributed by atoms with Crippen LogP contribution in [0.2, 0.25) is 5.02 Å². The summed E-state index contributed by atoms with van der Waals surface area (Å²) in [4.78, 5) is 0. The zero-order valence-corrected chi connectivity index (χ0v) is 16.0. The van der Waals surface area contributed by atoms with E-state index in [0.717, 1.165) is 29.2 Å². The van der Waals surface area contributed by atoms with Crippen molar-refractivity contribution in [2.45, 2.75) is 31.3 Å². The first-order valence-electron chi connectivity index (χ1n) is 9.38. The smallest absolute Gasteiger partial charge is 0.119 e. The van der Waals surface area contributed by atoms with Crippen LogP contribution in [0.1, 0.15) is 35.1 Å². The van der Waals surface area contributed by atoms with Crippen LogP contribution in [0.3, 0.4) is 0 Å². The molecule has 138 valence electrons. The van der Waals surface area contributed by atoms with E-state index in [9.17, 15) is 5.11 Å². The fourth-order valence-electron chi connectivity index (χ4n) is 4.22. The van der Waals surface area contributed by atoms with Crippen LogP contribution in [0, 0.1) is 0 Å². The van der Waals surface area contributed by atoms with Gasteiger partial charge in [-0.15, -0.1) is 0 Å². The molecule has 27 heavy (non-hydrogen) atoms. The molecule has 0 heterocycles. The molecule has 3 aromatic carbocycles. The Morgan fingerprint density at radius 1 is 0.963 bits per heavy atom. The molecular formula is C24H23ClO2. The second-order valence-electron chi connectivity index (χ2n) is 7.16. The molecule has 0 saturated carbocycles. The third-order valence-corrected chi connectivity index (χ3v) is 5.83. The maximum atomic E-state index is 9.75. The molecule has 1 atom stereocenters. The highest BCUT2D eigenvalue weighted by Crippen LogP contribution is 2.47. The van der Waals surface area contributed by atoms with Gasteiger partial charge in [0.15, 0.2) is 0 Å². The van der Waals surface area contributed by atoms with Crippen LogP contribution >= 0.6 is 11.6 Å². The number of aliphatic hydroxyl groups is 1. The molecular weight excluding hydrogens is 356 g/mol. The Morgan fingerprint density at radius 3 is 2.48 bits per heavy atom. The number of aryl methyl sites for hydroxylation is 1. The van der Waals surface area contributed by atoms with Gasteiger partial charge in [0, 0.05) is 17.0 Å². The van der Waals surface area contributed by atoms with Crippen molar-refractivity contribution >= 4 is 11.6 Å². The molecule has 1 unspecified atom stereocenters. The van der Waals surface area contributed by atoms with Crippen LogP contribution in [-0.2, 0) is 18.4 Å². The lowest BCUT2D eigenvalue weighted by atomic mass is 9.73. The second kappa shape index (κ2) is 7.75. The fourth-order valence-corrected chi connectivity index (χ4v) is 4.42. The summed E-state index contributed by atoms with van der Waals surface area (Å²) < 4.78 is 5.92. The van der Waals surface area contributed by atoms with Crippen molar-refractivity contribution in [3.63, 3.8) is 0 Å². The minimum absolute atomic E-state index is 0.146. The summed E-state index contributed by atoms with van der Waals surface area (Å²) in [5.74, 6) is 0.857. The Morgan fingerprint density at radius 2 is 1.74 bits per heavy atom. The van der Waals surface area contributed by atoms with E-state index in [1.54, 1.807) is 0 Å². The predicted octanol–water partition coefficient (Wildman–Crippen LogP) is 5.53. The SMILES string of the molecule is OCCC1(c2ccc(OCc3ccccc3)cc2)CCc2cc(Cl)ccc21. The van der Waals surface area contributed by atoms with Gasteiger partial charge in [0.05, 0.1) is 0 Å². The Hall–Kier alpha value is -2.29. The average Bonchev–Trinajstić information content (AvgIpc) is 3.06. The summed E-state index contributed by atoms with van der Waals surface area (Å²) in [6, 6.07) is 24.6. The van der Waals surface area contributed by atoms with Crippen LogP contribution in [0.25, 0.3) is 0 Å². The Kier molecular flexibility index (Phi) is 5.20. The van der Waals surface area contributed by atoms with E-state index < -0.39 is 0 Å². The maximum absolute atomic E-state index is 9.75. The minimum atomic E-state index is -0.146. The molecule has 0 aromatic heterocycles. The van der Waals surface area contributed by atoms with Crippen molar-refractivity contribution in [3.05, 3.63) is 100 Å². The number of ether oxygens (including phenoxy) is 1. The zero-order chi connectivity index (χ0) is 18.7. The van der Waals surface area contributed by atoms with Crippen LogP contribution in [-0.4, -0.2) is 11.7 Å². The lowest BCUT2D eigenvalue weighted by Crippen LogP contribution is -2.26. The standard InChI is InChI=1S/C24H23ClO2/c25-21-8-11-23-19(16-21)12-13-24(23,14-15-26)20-6-9-22(10-7-20)27-17-18-4-2-1-3-5-18/h1-11,16,26H,12-15,17H2. The highest BCUT2D eigenvalue weighted by molar-refractivity contribution is 6.30. The highest BCUT2D eigenvalue weighted by atomic mass is 35.5. The number of halogens is 1. The molecule has 4 rings (SSSR count). The van der Waals surface area contributed by atoms with E-state index in [1.165, 1.54) is 16.7 Å². The number of benzene rings is 3. The van der Waals surface area contributed by atoms with Gasteiger partial charge in [0.2, 0.25) is 0 Å². The van der Waals surface area contributed by atoms with Crippen molar-refractivity contribution in [3.8, 4) is 5.75 Å². The molecule has 1 aliphatic rings. The number of hydrogen-bond donors (Lipinski definition) is 1. The van der Waals surface area contributed by atoms with Crippen LogP contribution in [0.4, 0.5) is 0 Å². The number of rotatable bonds is 6. The van der Waals surface area contributed by atoms with Gasteiger partial charge in [-0.2, -0.15) is 0 Å². The van der Waals surface area contributed by atoms with Gasteiger partial charge in [-0.25, -0.2) is 0 Å². The minimum Gasteiger partial charge on any atom is -0.489 e. The summed E-state index contributed by atoms with van der Waals surface area (Å²) in [5, 5.41) is 10.5.